The van der Waals surface area contributed by atoms with E-state index in [-0.39, 0.29) is 23.8 Å². The Hall–Kier alpha value is -8.29. The third-order valence-electron chi connectivity index (χ3n) is 21.0. The Morgan fingerprint density at radius 1 is 0.281 bits per heavy atom. The van der Waals surface area contributed by atoms with Gasteiger partial charge in [-0.05, 0) is 242 Å². The van der Waals surface area contributed by atoms with Gasteiger partial charge in [0, 0.05) is 75.2 Å². The zero-order valence-electron chi connectivity index (χ0n) is 89.6. The smallest absolute Gasteiger partial charge is 0.175 e. The van der Waals surface area contributed by atoms with E-state index in [1.807, 2.05) is 164 Å². The molecule has 0 aliphatic carbocycles. The third kappa shape index (κ3) is 41.7. The molecule has 10 aromatic carbocycles. The van der Waals surface area contributed by atoms with Crippen LogP contribution in [0, 0.1) is 5.82 Å². The minimum atomic E-state index is -3.19. The fraction of sp³-hybridized carbons (Fsp3) is 0.483. The van der Waals surface area contributed by atoms with Crippen LogP contribution in [0.3, 0.4) is 0 Å². The van der Waals surface area contributed by atoms with E-state index in [2.05, 4.69) is 232 Å². The van der Waals surface area contributed by atoms with Crippen LogP contribution < -0.4 is 47.4 Å². The van der Waals surface area contributed by atoms with Gasteiger partial charge in [0.25, 0.3) is 0 Å². The van der Waals surface area contributed by atoms with Gasteiger partial charge in [0.15, 0.2) is 9.84 Å². The number of benzene rings is 10. The van der Waals surface area contributed by atoms with Gasteiger partial charge in [-0.1, -0.05) is 288 Å². The average Bonchev–Trinajstić information content (AvgIpc) is 0.810. The van der Waals surface area contributed by atoms with Gasteiger partial charge in [-0.2, -0.15) is 0 Å². The number of sulfone groups is 1. The molecule has 0 spiro atoms. The molecule has 19 heteroatoms. The van der Waals surface area contributed by atoms with Crippen molar-refractivity contribution >= 4 is 68.3 Å². The van der Waals surface area contributed by atoms with Crippen LogP contribution in [-0.2, 0) is 9.84 Å². The minimum Gasteiger partial charge on any atom is -0.496 e. The maximum absolute atomic E-state index is 13.2. The molecular weight excluding hydrogens is 1800 g/mol. The van der Waals surface area contributed by atoms with Gasteiger partial charge in [0.2, 0.25) is 0 Å². The Bertz CT molecular complexity index is 5050. The summed E-state index contributed by atoms with van der Waals surface area (Å²) >= 11 is 17.7. The molecule has 0 bridgehead atoms. The van der Waals surface area contributed by atoms with Gasteiger partial charge in [-0.25, -0.2) is 12.8 Å². The fourth-order valence-electron chi connectivity index (χ4n) is 15.1. The predicted molar refractivity (Wildman–Crippen MR) is 585 cm³/mol. The molecule has 0 unspecified atom stereocenters. The van der Waals surface area contributed by atoms with Crippen molar-refractivity contribution < 1.29 is 60.2 Å². The molecule has 10 rings (SSSR count). The number of hydrogen-bond donors (Lipinski definition) is 0. The van der Waals surface area contributed by atoms with E-state index in [1.165, 1.54) is 66.0 Å². The Labute approximate surface area is 841 Å². The highest BCUT2D eigenvalue weighted by molar-refractivity contribution is 8.00. The second-order valence-corrected chi connectivity index (χ2v) is 42.5. The standard InChI is InChI=1S/C14H22O.C13H20O2.C13H20O.C12H17ClS.C12H18O2.C11H16O3S.C11H16O2.C10H13ClS.C10H13FO.C10H14S/c1-6-15-13-9-7-8-12(10(2)3)14(13)11(4)5;1-9(2)13-11(14-5)7-6-8-12(13)15-10(3)4;1-9(2)11-7-6-8-12(14-5)13(11)10(3)4;1-8(2)12-10(13)6-5-7-11(12)14-9(3)4;1-5-14-11-8-6-7-10(13-4)12(11)9(2)3;1-8(2)11-9(14-3)6-5-7-10(11)15(4,12)13;1-8(2)11-9(12-3)6-5-7-10(11)13-4;2*1-7(2)10-8(11)5-4-6-9(10)12-3;1-8(2)9-6-4-5-7-10(9)11-3/h7-11H,6H2,1-5H3;6-10H,1-5H3;6-10H,1-5H3;5-9H,1-4H3;6-9H,5H2,1-4H3;5-8H,1-4H3;5-8H,1-4H3;2*4-7H,1-3H3;4-8H,1-3H3. The lowest BCUT2D eigenvalue weighted by Crippen LogP contribution is -2.08. The topological polar surface area (TPSA) is 126 Å². The summed E-state index contributed by atoms with van der Waals surface area (Å²) in [7, 11) is 8.40. The number of halogens is 3. The molecular formula is C116H169Cl2FO12S4. The first-order valence-corrected chi connectivity index (χ1v) is 53.4. The van der Waals surface area contributed by atoms with Gasteiger partial charge in [0.1, 0.15) is 63.3 Å². The van der Waals surface area contributed by atoms with Crippen LogP contribution >= 0.6 is 58.5 Å². The number of rotatable bonds is 30. The quantitative estimate of drug-likeness (QED) is 0.0396. The van der Waals surface area contributed by atoms with Gasteiger partial charge >= 0.3 is 0 Å². The molecule has 0 N–H and O–H groups in total. The molecule has 750 valence electrons. The van der Waals surface area contributed by atoms with Gasteiger partial charge < -0.3 is 47.4 Å². The van der Waals surface area contributed by atoms with Gasteiger partial charge in [0.05, 0.1) is 74.0 Å². The number of methoxy groups -OCH3 is 7. The van der Waals surface area contributed by atoms with Crippen molar-refractivity contribution in [3.8, 4) is 57.5 Å². The van der Waals surface area contributed by atoms with Crippen LogP contribution in [-0.4, -0.2) is 102 Å². The van der Waals surface area contributed by atoms with E-state index < -0.39 is 9.84 Å². The molecule has 0 radical (unpaired) electrons. The first-order chi connectivity index (χ1) is 63.6. The van der Waals surface area contributed by atoms with Crippen molar-refractivity contribution in [2.24, 2.45) is 0 Å². The third-order valence-corrected chi connectivity index (χ3v) is 25.5. The number of hydrogen-bond acceptors (Lipinski definition) is 15. The minimum absolute atomic E-state index is 0.117. The van der Waals surface area contributed by atoms with E-state index in [0.29, 0.717) is 93.0 Å². The first-order valence-electron chi connectivity index (χ1n) is 47.5. The van der Waals surface area contributed by atoms with Crippen molar-refractivity contribution in [2.45, 2.75) is 310 Å². The van der Waals surface area contributed by atoms with Crippen LogP contribution in [0.1, 0.15) is 345 Å². The van der Waals surface area contributed by atoms with E-state index in [9.17, 15) is 12.8 Å². The molecule has 0 aliphatic heterocycles. The number of thioether (sulfide) groups is 3. The van der Waals surface area contributed by atoms with Crippen molar-refractivity contribution in [3.63, 3.8) is 0 Å². The Morgan fingerprint density at radius 2 is 0.541 bits per heavy atom. The summed E-state index contributed by atoms with van der Waals surface area (Å²) in [5.74, 6) is 13.9. The summed E-state index contributed by atoms with van der Waals surface area (Å²) in [5, 5.41) is 2.38. The molecule has 10 aromatic rings. The highest BCUT2D eigenvalue weighted by atomic mass is 35.5. The summed E-state index contributed by atoms with van der Waals surface area (Å²) in [6.45, 7) is 65.5. The van der Waals surface area contributed by atoms with Gasteiger partial charge in [-0.15, -0.1) is 35.3 Å². The summed E-state index contributed by atoms with van der Waals surface area (Å²) in [5.41, 5.74) is 14.4. The summed E-state index contributed by atoms with van der Waals surface area (Å²) in [6, 6.07) is 61.2. The summed E-state index contributed by atoms with van der Waals surface area (Å²) in [4.78, 5) is 4.37. The largest absolute Gasteiger partial charge is 0.496 e. The maximum Gasteiger partial charge on any atom is 0.175 e. The molecule has 12 nitrogen and oxygen atoms in total. The van der Waals surface area contributed by atoms with Crippen LogP contribution in [0.2, 0.25) is 10.0 Å². The molecule has 0 atom stereocenters. The van der Waals surface area contributed by atoms with Crippen molar-refractivity contribution in [1.82, 2.24) is 0 Å². The Morgan fingerprint density at radius 3 is 0.852 bits per heavy atom. The monoisotopic (exact) mass is 1970 g/mol. The Balaban J connectivity index is 0.000000751. The predicted octanol–water partition coefficient (Wildman–Crippen LogP) is 35.8. The molecule has 0 aliphatic rings. The molecule has 0 amide bonds. The number of ether oxygens (including phenoxy) is 10. The second kappa shape index (κ2) is 65.5. The lowest BCUT2D eigenvalue weighted by molar-refractivity contribution is 0.237. The summed E-state index contributed by atoms with van der Waals surface area (Å²) in [6.07, 6.45) is 5.61. The molecule has 0 heterocycles. The highest BCUT2D eigenvalue weighted by Crippen LogP contribution is 2.43. The van der Waals surface area contributed by atoms with E-state index >= 15 is 0 Å². The van der Waals surface area contributed by atoms with Crippen LogP contribution in [0.25, 0.3) is 0 Å². The zero-order chi connectivity index (χ0) is 103. The average molecular weight is 1970 g/mol. The molecule has 0 aromatic heterocycles. The lowest BCUT2D eigenvalue weighted by Gasteiger charge is -2.19. The second-order valence-electron chi connectivity index (χ2n) is 36.3. The van der Waals surface area contributed by atoms with Crippen LogP contribution in [0.15, 0.2) is 208 Å². The van der Waals surface area contributed by atoms with Crippen molar-refractivity contribution in [2.75, 3.05) is 81.7 Å². The maximum atomic E-state index is 13.2. The van der Waals surface area contributed by atoms with Crippen molar-refractivity contribution in [3.05, 3.63) is 271 Å². The molecule has 135 heavy (non-hydrogen) atoms. The van der Waals surface area contributed by atoms with Crippen LogP contribution in [0.4, 0.5) is 4.39 Å². The molecule has 0 saturated carbocycles. The normalized spacial score (nSPS) is 10.9. The van der Waals surface area contributed by atoms with E-state index in [0.717, 1.165) is 84.9 Å². The molecule has 0 fully saturated rings. The lowest BCUT2D eigenvalue weighted by atomic mass is 9.90. The highest BCUT2D eigenvalue weighted by Gasteiger charge is 2.23. The van der Waals surface area contributed by atoms with E-state index in [1.54, 1.807) is 91.9 Å². The SMILES string of the molecule is CC(C)Sc1cccc(Cl)c1C(C)C.CCOc1cccc(C(C)C)c1C(C)C.CCOc1cccc(OC)c1C(C)C.COc1cccc(C(C)C)c1C(C)C.COc1cccc(F)c1C(C)C.COc1cccc(OC(C)C)c1C(C)C.COc1cccc(OC)c1C(C)C.COc1cccc(S(C)(=O)=O)c1C(C)C.CSc1cccc(Cl)c1C(C)C.CSc1ccccc1C(C)C. The van der Waals surface area contributed by atoms with Gasteiger partial charge in [-0.3, -0.25) is 0 Å². The molecule has 0 saturated heterocycles. The van der Waals surface area contributed by atoms with Crippen molar-refractivity contribution in [1.29, 1.82) is 0 Å². The van der Waals surface area contributed by atoms with E-state index in [4.69, 9.17) is 70.6 Å². The summed E-state index contributed by atoms with van der Waals surface area (Å²) < 4.78 is 90.2. The fourth-order valence-corrected chi connectivity index (χ4v) is 19.8. The van der Waals surface area contributed by atoms with Crippen LogP contribution in [0.5, 0.6) is 57.5 Å². The first kappa shape index (κ1) is 125. The Kier molecular flexibility index (Phi) is 60.6. The zero-order valence-corrected chi connectivity index (χ0v) is 94.3.